The molecular formula is C19H23N5O. The molecule has 1 N–H and O–H groups in total. The minimum absolute atomic E-state index is 0.0179. The second-order valence-corrected chi connectivity index (χ2v) is 5.92. The van der Waals surface area contributed by atoms with Crippen molar-refractivity contribution in [3.05, 3.63) is 42.2 Å². The standard InChI is InChI=1S/C19H23N5O/c1-4-24(13-14(2)11-20)18(25)12-22-17-7-5-16(6-8-17)19-21-10-9-15(3)23-19/h5-10,14,22H,4,12-13H2,1-3H3/t14-/m1/s1. The number of carbonyl (C=O) groups excluding carboxylic acids is 1. The average Bonchev–Trinajstić information content (AvgIpc) is 2.64. The molecule has 0 fully saturated rings. The van der Waals surface area contributed by atoms with Gasteiger partial charge in [-0.3, -0.25) is 4.79 Å². The highest BCUT2D eigenvalue weighted by Gasteiger charge is 2.14. The fourth-order valence-corrected chi connectivity index (χ4v) is 2.39. The maximum absolute atomic E-state index is 12.3. The van der Waals surface area contributed by atoms with Gasteiger partial charge in [0, 0.05) is 36.2 Å². The number of anilines is 1. The molecule has 0 bridgehead atoms. The van der Waals surface area contributed by atoms with Crippen LogP contribution in [0.1, 0.15) is 19.5 Å². The number of aryl methyl sites for hydroxylation is 1. The Bertz CT molecular complexity index is 751. The molecule has 1 heterocycles. The van der Waals surface area contributed by atoms with Crippen molar-refractivity contribution in [2.45, 2.75) is 20.8 Å². The molecule has 0 spiro atoms. The Morgan fingerprint density at radius 3 is 2.64 bits per heavy atom. The van der Waals surface area contributed by atoms with E-state index in [1.165, 1.54) is 0 Å². The molecule has 1 aromatic heterocycles. The minimum atomic E-state index is -0.169. The van der Waals surface area contributed by atoms with Crippen LogP contribution >= 0.6 is 0 Å². The van der Waals surface area contributed by atoms with Crippen molar-refractivity contribution in [3.8, 4) is 17.5 Å². The molecule has 2 aromatic rings. The quantitative estimate of drug-likeness (QED) is 0.840. The van der Waals surface area contributed by atoms with Crippen molar-refractivity contribution in [1.29, 1.82) is 5.26 Å². The van der Waals surface area contributed by atoms with Crippen LogP contribution in [0, 0.1) is 24.2 Å². The lowest BCUT2D eigenvalue weighted by Crippen LogP contribution is -2.38. The van der Waals surface area contributed by atoms with Crippen LogP contribution in [0.4, 0.5) is 5.69 Å². The molecule has 0 saturated carbocycles. The first-order chi connectivity index (χ1) is 12.0. The molecule has 130 valence electrons. The second kappa shape index (κ2) is 8.78. The van der Waals surface area contributed by atoms with Gasteiger partial charge in [-0.05, 0) is 51.1 Å². The van der Waals surface area contributed by atoms with E-state index < -0.39 is 0 Å². The zero-order chi connectivity index (χ0) is 18.2. The lowest BCUT2D eigenvalue weighted by molar-refractivity contribution is -0.129. The van der Waals surface area contributed by atoms with Crippen LogP contribution in [0.2, 0.25) is 0 Å². The normalized spacial score (nSPS) is 11.4. The molecule has 0 aliphatic heterocycles. The van der Waals surface area contributed by atoms with Gasteiger partial charge in [0.2, 0.25) is 5.91 Å². The molecule has 2 rings (SSSR count). The Balaban J connectivity index is 1.95. The summed E-state index contributed by atoms with van der Waals surface area (Å²) in [6.07, 6.45) is 1.74. The van der Waals surface area contributed by atoms with E-state index in [1.807, 2.05) is 51.1 Å². The van der Waals surface area contributed by atoms with E-state index in [0.29, 0.717) is 18.9 Å². The van der Waals surface area contributed by atoms with Crippen LogP contribution < -0.4 is 5.32 Å². The Morgan fingerprint density at radius 1 is 1.32 bits per heavy atom. The molecule has 6 heteroatoms. The molecule has 0 aliphatic carbocycles. The smallest absolute Gasteiger partial charge is 0.241 e. The Kier molecular flexibility index (Phi) is 6.47. The van der Waals surface area contributed by atoms with Gasteiger partial charge in [-0.1, -0.05) is 0 Å². The predicted molar refractivity (Wildman–Crippen MR) is 97.7 cm³/mol. The number of nitrogens with one attached hydrogen (secondary N) is 1. The summed E-state index contributed by atoms with van der Waals surface area (Å²) in [5.41, 5.74) is 2.71. The molecule has 1 aromatic carbocycles. The zero-order valence-electron chi connectivity index (χ0n) is 14.9. The topological polar surface area (TPSA) is 81.9 Å². The summed E-state index contributed by atoms with van der Waals surface area (Å²) in [5, 5.41) is 12.0. The summed E-state index contributed by atoms with van der Waals surface area (Å²) in [5.74, 6) is 0.499. The number of carbonyl (C=O) groups is 1. The average molecular weight is 337 g/mol. The highest BCUT2D eigenvalue weighted by atomic mass is 16.2. The molecule has 0 unspecified atom stereocenters. The highest BCUT2D eigenvalue weighted by molar-refractivity contribution is 5.81. The van der Waals surface area contributed by atoms with Gasteiger partial charge in [-0.25, -0.2) is 9.97 Å². The minimum Gasteiger partial charge on any atom is -0.376 e. The monoisotopic (exact) mass is 337 g/mol. The second-order valence-electron chi connectivity index (χ2n) is 5.92. The lowest BCUT2D eigenvalue weighted by atomic mass is 10.2. The van der Waals surface area contributed by atoms with E-state index >= 15 is 0 Å². The summed E-state index contributed by atoms with van der Waals surface area (Å²) < 4.78 is 0. The van der Waals surface area contributed by atoms with E-state index in [-0.39, 0.29) is 18.4 Å². The van der Waals surface area contributed by atoms with Gasteiger partial charge in [0.1, 0.15) is 0 Å². The first-order valence-electron chi connectivity index (χ1n) is 8.34. The molecule has 0 saturated heterocycles. The number of amides is 1. The van der Waals surface area contributed by atoms with Crippen LogP contribution in [-0.4, -0.2) is 40.4 Å². The van der Waals surface area contributed by atoms with Gasteiger partial charge in [-0.2, -0.15) is 5.26 Å². The van der Waals surface area contributed by atoms with E-state index in [1.54, 1.807) is 11.1 Å². The number of rotatable bonds is 7. The van der Waals surface area contributed by atoms with Crippen molar-refractivity contribution in [2.75, 3.05) is 25.0 Å². The Labute approximate surface area is 148 Å². The van der Waals surface area contributed by atoms with Gasteiger partial charge in [0.25, 0.3) is 0 Å². The number of likely N-dealkylation sites (N-methyl/N-ethyl adjacent to an activating group) is 1. The maximum Gasteiger partial charge on any atom is 0.241 e. The third kappa shape index (κ3) is 5.28. The molecular weight excluding hydrogens is 314 g/mol. The number of hydrogen-bond acceptors (Lipinski definition) is 5. The largest absolute Gasteiger partial charge is 0.376 e. The van der Waals surface area contributed by atoms with Crippen LogP contribution in [-0.2, 0) is 4.79 Å². The molecule has 0 aliphatic rings. The third-order valence-electron chi connectivity index (χ3n) is 3.83. The van der Waals surface area contributed by atoms with Crippen molar-refractivity contribution in [1.82, 2.24) is 14.9 Å². The SMILES string of the molecule is CCN(C[C@H](C)C#N)C(=O)CNc1ccc(-c2nccc(C)n2)cc1. The first-order valence-corrected chi connectivity index (χ1v) is 8.34. The molecule has 1 amide bonds. The van der Waals surface area contributed by atoms with Gasteiger partial charge < -0.3 is 10.2 Å². The van der Waals surface area contributed by atoms with E-state index in [2.05, 4.69) is 21.4 Å². The third-order valence-corrected chi connectivity index (χ3v) is 3.83. The fraction of sp³-hybridized carbons (Fsp3) is 0.368. The Morgan fingerprint density at radius 2 is 2.04 bits per heavy atom. The number of aromatic nitrogens is 2. The zero-order valence-corrected chi connectivity index (χ0v) is 14.9. The molecule has 25 heavy (non-hydrogen) atoms. The summed E-state index contributed by atoms with van der Waals surface area (Å²) in [6.45, 7) is 6.91. The van der Waals surface area contributed by atoms with E-state index in [9.17, 15) is 4.79 Å². The fourth-order valence-electron chi connectivity index (χ4n) is 2.39. The number of nitrogens with zero attached hydrogens (tertiary/aromatic N) is 4. The summed E-state index contributed by atoms with van der Waals surface area (Å²) in [4.78, 5) is 22.6. The predicted octanol–water partition coefficient (Wildman–Crippen LogP) is 2.87. The molecule has 6 nitrogen and oxygen atoms in total. The molecule has 0 radical (unpaired) electrons. The van der Waals surface area contributed by atoms with Crippen LogP contribution in [0.3, 0.4) is 0 Å². The Hall–Kier alpha value is -2.94. The van der Waals surface area contributed by atoms with Crippen molar-refractivity contribution in [3.63, 3.8) is 0 Å². The number of benzene rings is 1. The van der Waals surface area contributed by atoms with Gasteiger partial charge in [0.05, 0.1) is 18.5 Å². The van der Waals surface area contributed by atoms with E-state index in [0.717, 1.165) is 16.9 Å². The number of nitriles is 1. The van der Waals surface area contributed by atoms with Crippen molar-refractivity contribution >= 4 is 11.6 Å². The molecule has 1 atom stereocenters. The summed E-state index contributed by atoms with van der Waals surface area (Å²) in [6, 6.07) is 11.7. The van der Waals surface area contributed by atoms with Gasteiger partial charge >= 0.3 is 0 Å². The summed E-state index contributed by atoms with van der Waals surface area (Å²) >= 11 is 0. The van der Waals surface area contributed by atoms with Gasteiger partial charge in [0.15, 0.2) is 5.82 Å². The summed E-state index contributed by atoms with van der Waals surface area (Å²) in [7, 11) is 0. The number of hydrogen-bond donors (Lipinski definition) is 1. The van der Waals surface area contributed by atoms with Crippen LogP contribution in [0.25, 0.3) is 11.4 Å². The van der Waals surface area contributed by atoms with Crippen molar-refractivity contribution < 1.29 is 4.79 Å². The van der Waals surface area contributed by atoms with Crippen LogP contribution in [0.5, 0.6) is 0 Å². The maximum atomic E-state index is 12.3. The van der Waals surface area contributed by atoms with Crippen molar-refractivity contribution in [2.24, 2.45) is 5.92 Å². The highest BCUT2D eigenvalue weighted by Crippen LogP contribution is 2.17. The first kappa shape index (κ1) is 18.4. The van der Waals surface area contributed by atoms with Gasteiger partial charge in [-0.15, -0.1) is 0 Å². The lowest BCUT2D eigenvalue weighted by Gasteiger charge is -2.22. The van der Waals surface area contributed by atoms with E-state index in [4.69, 9.17) is 5.26 Å². The van der Waals surface area contributed by atoms with Crippen LogP contribution in [0.15, 0.2) is 36.5 Å².